The number of halogens is 3. The quantitative estimate of drug-likeness (QED) is 0.401. The maximum atomic E-state index is 13.8. The summed E-state index contributed by atoms with van der Waals surface area (Å²) in [5.74, 6) is 0.408. The Hall–Kier alpha value is -2.67. The fourth-order valence-corrected chi connectivity index (χ4v) is 4.34. The first kappa shape index (κ1) is 22.5. The highest BCUT2D eigenvalue weighted by atomic mass is 19.4. The van der Waals surface area contributed by atoms with Crippen molar-refractivity contribution in [3.63, 3.8) is 0 Å². The van der Waals surface area contributed by atoms with Gasteiger partial charge in [0.05, 0.1) is 5.56 Å². The summed E-state index contributed by atoms with van der Waals surface area (Å²) in [4.78, 5) is 4.36. The molecule has 1 fully saturated rings. The van der Waals surface area contributed by atoms with Gasteiger partial charge in [-0.2, -0.15) is 18.2 Å². The molecule has 1 saturated carbocycles. The average Bonchev–Trinajstić information content (AvgIpc) is 3.30. The van der Waals surface area contributed by atoms with E-state index in [1.807, 2.05) is 24.3 Å². The van der Waals surface area contributed by atoms with Crippen LogP contribution in [0.1, 0.15) is 68.1 Å². The van der Waals surface area contributed by atoms with Crippen LogP contribution in [0.2, 0.25) is 0 Å². The minimum absolute atomic E-state index is 0.0435. The number of nitrogens with one attached hydrogen (secondary N) is 1. The van der Waals surface area contributed by atoms with Crippen molar-refractivity contribution in [1.29, 1.82) is 0 Å². The van der Waals surface area contributed by atoms with E-state index in [0.29, 0.717) is 11.4 Å². The molecule has 170 valence electrons. The van der Waals surface area contributed by atoms with Crippen molar-refractivity contribution in [1.82, 2.24) is 15.5 Å². The zero-order valence-electron chi connectivity index (χ0n) is 18.2. The van der Waals surface area contributed by atoms with Gasteiger partial charge in [-0.3, -0.25) is 0 Å². The second-order valence-corrected chi connectivity index (χ2v) is 8.43. The second kappa shape index (κ2) is 9.86. The van der Waals surface area contributed by atoms with Gasteiger partial charge in [-0.1, -0.05) is 61.7 Å². The molecule has 1 aliphatic carbocycles. The smallest absolute Gasteiger partial charge is 0.334 e. The van der Waals surface area contributed by atoms with Gasteiger partial charge < -0.3 is 9.84 Å². The Bertz CT molecular complexity index is 1020. The van der Waals surface area contributed by atoms with Gasteiger partial charge >= 0.3 is 6.18 Å². The topological polar surface area (TPSA) is 51.0 Å². The van der Waals surface area contributed by atoms with E-state index in [4.69, 9.17) is 4.52 Å². The summed E-state index contributed by atoms with van der Waals surface area (Å²) < 4.78 is 46.9. The van der Waals surface area contributed by atoms with Crippen LogP contribution in [0.3, 0.4) is 0 Å². The molecule has 3 aromatic rings. The van der Waals surface area contributed by atoms with Gasteiger partial charge in [0.25, 0.3) is 5.89 Å². The molecule has 0 spiro atoms. The third-order valence-electron chi connectivity index (χ3n) is 6.04. The molecule has 0 saturated heterocycles. The Morgan fingerprint density at radius 2 is 1.72 bits per heavy atom. The molecule has 1 aliphatic rings. The van der Waals surface area contributed by atoms with Crippen LogP contribution in [0.25, 0.3) is 22.8 Å². The standard InChI is InChI=1S/C25H28F3N3O/c1-2-14-29-16-17-8-10-19(11-9-17)23-30-24(32-31-23)20-12-13-21(18-6-4-3-5-7-18)22(15-20)25(26,27)28/h8-13,15,18,29H,2-7,14,16H2,1H3. The first-order chi connectivity index (χ1) is 15.5. The van der Waals surface area contributed by atoms with Crippen LogP contribution in [0, 0.1) is 0 Å². The molecule has 1 heterocycles. The molecular formula is C25H28F3N3O. The van der Waals surface area contributed by atoms with Crippen molar-refractivity contribution in [2.24, 2.45) is 0 Å². The van der Waals surface area contributed by atoms with Crippen LogP contribution in [0.4, 0.5) is 13.2 Å². The highest BCUT2D eigenvalue weighted by molar-refractivity contribution is 5.61. The van der Waals surface area contributed by atoms with E-state index in [1.54, 1.807) is 12.1 Å². The predicted molar refractivity (Wildman–Crippen MR) is 118 cm³/mol. The van der Waals surface area contributed by atoms with Gasteiger partial charge in [-0.05, 0) is 55.0 Å². The summed E-state index contributed by atoms with van der Waals surface area (Å²) >= 11 is 0. The zero-order chi connectivity index (χ0) is 22.6. The number of hydrogen-bond donors (Lipinski definition) is 1. The molecular weight excluding hydrogens is 415 g/mol. The molecule has 1 aromatic heterocycles. The normalized spacial score (nSPS) is 15.2. The van der Waals surface area contributed by atoms with Crippen molar-refractivity contribution in [2.45, 2.75) is 64.1 Å². The van der Waals surface area contributed by atoms with Crippen molar-refractivity contribution in [2.75, 3.05) is 6.54 Å². The number of aromatic nitrogens is 2. The van der Waals surface area contributed by atoms with Gasteiger partial charge in [-0.25, -0.2) is 0 Å². The van der Waals surface area contributed by atoms with Crippen molar-refractivity contribution >= 4 is 0 Å². The van der Waals surface area contributed by atoms with Crippen LogP contribution in [0.5, 0.6) is 0 Å². The van der Waals surface area contributed by atoms with E-state index in [0.717, 1.165) is 68.8 Å². The maximum absolute atomic E-state index is 13.8. The second-order valence-electron chi connectivity index (χ2n) is 8.43. The minimum atomic E-state index is -4.42. The fraction of sp³-hybridized carbons (Fsp3) is 0.440. The molecule has 0 atom stereocenters. The fourth-order valence-electron chi connectivity index (χ4n) is 4.34. The molecule has 0 aliphatic heterocycles. The SMILES string of the molecule is CCCNCc1ccc(-c2noc(-c3ccc(C4CCCCC4)c(C(F)(F)F)c3)n2)cc1. The van der Waals surface area contributed by atoms with Crippen LogP contribution in [-0.4, -0.2) is 16.7 Å². The lowest BCUT2D eigenvalue weighted by molar-refractivity contribution is -0.138. The summed E-state index contributed by atoms with van der Waals surface area (Å²) in [6.45, 7) is 3.85. The molecule has 4 rings (SSSR count). The number of nitrogens with zero attached hydrogens (tertiary/aromatic N) is 2. The van der Waals surface area contributed by atoms with E-state index < -0.39 is 11.7 Å². The van der Waals surface area contributed by atoms with E-state index in [-0.39, 0.29) is 17.4 Å². The number of rotatable bonds is 7. The Morgan fingerprint density at radius 1 is 1.00 bits per heavy atom. The van der Waals surface area contributed by atoms with Crippen LogP contribution >= 0.6 is 0 Å². The van der Waals surface area contributed by atoms with Crippen molar-refractivity contribution < 1.29 is 17.7 Å². The number of benzene rings is 2. The number of hydrogen-bond acceptors (Lipinski definition) is 4. The largest absolute Gasteiger partial charge is 0.416 e. The summed E-state index contributed by atoms with van der Waals surface area (Å²) in [6.07, 6.45) is 1.30. The van der Waals surface area contributed by atoms with Gasteiger partial charge in [0.2, 0.25) is 5.82 Å². The number of alkyl halides is 3. The Morgan fingerprint density at radius 3 is 2.41 bits per heavy atom. The van der Waals surface area contributed by atoms with Gasteiger partial charge in [0, 0.05) is 17.7 Å². The van der Waals surface area contributed by atoms with Crippen LogP contribution in [-0.2, 0) is 12.7 Å². The molecule has 2 aromatic carbocycles. The van der Waals surface area contributed by atoms with E-state index in [2.05, 4.69) is 22.4 Å². The Labute approximate surface area is 186 Å². The van der Waals surface area contributed by atoms with Crippen molar-refractivity contribution in [3.8, 4) is 22.8 Å². The molecule has 7 heteroatoms. The van der Waals surface area contributed by atoms with E-state index >= 15 is 0 Å². The molecule has 0 unspecified atom stereocenters. The van der Waals surface area contributed by atoms with E-state index in [1.165, 1.54) is 0 Å². The predicted octanol–water partition coefficient (Wildman–Crippen LogP) is 6.97. The highest BCUT2D eigenvalue weighted by Gasteiger charge is 2.36. The van der Waals surface area contributed by atoms with Gasteiger partial charge in [-0.15, -0.1) is 0 Å². The molecule has 0 amide bonds. The molecule has 0 bridgehead atoms. The summed E-state index contributed by atoms with van der Waals surface area (Å²) in [7, 11) is 0. The third kappa shape index (κ3) is 5.21. The lowest BCUT2D eigenvalue weighted by Crippen LogP contribution is -2.14. The molecule has 32 heavy (non-hydrogen) atoms. The molecule has 4 nitrogen and oxygen atoms in total. The molecule has 0 radical (unpaired) electrons. The Kier molecular flexibility index (Phi) is 6.94. The van der Waals surface area contributed by atoms with Crippen LogP contribution < -0.4 is 5.32 Å². The first-order valence-corrected chi connectivity index (χ1v) is 11.3. The average molecular weight is 444 g/mol. The summed E-state index contributed by atoms with van der Waals surface area (Å²) in [5, 5.41) is 7.33. The summed E-state index contributed by atoms with van der Waals surface area (Å²) in [6, 6.07) is 12.2. The third-order valence-corrected chi connectivity index (χ3v) is 6.04. The highest BCUT2D eigenvalue weighted by Crippen LogP contribution is 2.42. The van der Waals surface area contributed by atoms with Gasteiger partial charge in [0.15, 0.2) is 0 Å². The maximum Gasteiger partial charge on any atom is 0.416 e. The zero-order valence-corrected chi connectivity index (χ0v) is 18.2. The lowest BCUT2D eigenvalue weighted by Gasteiger charge is -2.25. The Balaban J connectivity index is 1.57. The summed E-state index contributed by atoms with van der Waals surface area (Å²) in [5.41, 5.74) is 1.97. The first-order valence-electron chi connectivity index (χ1n) is 11.3. The van der Waals surface area contributed by atoms with Gasteiger partial charge in [0.1, 0.15) is 0 Å². The van der Waals surface area contributed by atoms with E-state index in [9.17, 15) is 13.2 Å². The lowest BCUT2D eigenvalue weighted by atomic mass is 9.81. The minimum Gasteiger partial charge on any atom is -0.334 e. The van der Waals surface area contributed by atoms with Crippen LogP contribution in [0.15, 0.2) is 47.0 Å². The molecule has 1 N–H and O–H groups in total. The monoisotopic (exact) mass is 443 g/mol. The van der Waals surface area contributed by atoms with Crippen molar-refractivity contribution in [3.05, 3.63) is 59.2 Å².